The van der Waals surface area contributed by atoms with Crippen molar-refractivity contribution in [3.8, 4) is 0 Å². The first-order chi connectivity index (χ1) is 16.4. The van der Waals surface area contributed by atoms with Crippen molar-refractivity contribution < 1.29 is 24.5 Å². The van der Waals surface area contributed by atoms with Crippen molar-refractivity contribution in [3.05, 3.63) is 27.9 Å². The third kappa shape index (κ3) is 4.76. The second-order valence-electron chi connectivity index (χ2n) is 8.26. The van der Waals surface area contributed by atoms with E-state index in [0.717, 1.165) is 38.4 Å². The van der Waals surface area contributed by atoms with Crippen LogP contribution in [-0.2, 0) is 9.53 Å². The second-order valence-corrected chi connectivity index (χ2v) is 8.26. The highest BCUT2D eigenvalue weighted by Gasteiger charge is 2.47. The fourth-order valence-electron chi connectivity index (χ4n) is 4.22. The summed E-state index contributed by atoms with van der Waals surface area (Å²) in [6, 6.07) is -0.650. The van der Waals surface area contributed by atoms with E-state index in [9.17, 15) is 29.5 Å². The SMILES string of the molecule is O=NN(CCNC(=O)[C@H]1OC(n2cnc3c(=O)[nH]cnc32)[C@H](O)[C@@H]1O)C(=O)NC1CCCCC1. The lowest BCUT2D eigenvalue weighted by Gasteiger charge is -2.24. The number of amides is 3. The molecule has 4 atom stereocenters. The minimum atomic E-state index is -1.58. The standard InChI is InChI=1S/C19H26N8O7/c28-12-13(29)18(26-9-23-11-15(26)21-8-22-16(11)30)34-14(12)17(31)20-6-7-27(25-33)19(32)24-10-4-2-1-3-5-10/h8-10,12-14,18,28-29H,1-7H2,(H,20,31)(H,24,32)(H,21,22,30)/t12-,13+,14-,18?/m0/s1. The Morgan fingerprint density at radius 3 is 2.74 bits per heavy atom. The lowest BCUT2D eigenvalue weighted by Crippen LogP contribution is -2.47. The van der Waals surface area contributed by atoms with Crippen LogP contribution >= 0.6 is 0 Å². The predicted molar refractivity (Wildman–Crippen MR) is 115 cm³/mol. The molecule has 1 saturated carbocycles. The van der Waals surface area contributed by atoms with Crippen molar-refractivity contribution in [2.24, 2.45) is 5.29 Å². The molecule has 0 bridgehead atoms. The Morgan fingerprint density at radius 2 is 2.00 bits per heavy atom. The number of urea groups is 1. The quantitative estimate of drug-likeness (QED) is 0.241. The summed E-state index contributed by atoms with van der Waals surface area (Å²) >= 11 is 0. The van der Waals surface area contributed by atoms with Crippen LogP contribution in [0.3, 0.4) is 0 Å². The Hall–Kier alpha value is -3.43. The molecule has 5 N–H and O–H groups in total. The molecular formula is C19H26N8O7. The molecular weight excluding hydrogens is 452 g/mol. The molecule has 1 unspecified atom stereocenters. The van der Waals surface area contributed by atoms with E-state index in [0.29, 0.717) is 5.01 Å². The number of aromatic nitrogens is 4. The molecule has 1 saturated heterocycles. The number of nitroso groups, excluding NO2 is 1. The van der Waals surface area contributed by atoms with Crippen molar-refractivity contribution in [2.75, 3.05) is 13.1 Å². The summed E-state index contributed by atoms with van der Waals surface area (Å²) in [6.45, 7) is -0.331. The van der Waals surface area contributed by atoms with Gasteiger partial charge in [-0.2, -0.15) is 5.01 Å². The number of H-pyrrole nitrogens is 1. The first-order valence-corrected chi connectivity index (χ1v) is 11.0. The number of aliphatic hydroxyl groups excluding tert-OH is 2. The van der Waals surface area contributed by atoms with Crippen molar-refractivity contribution in [3.63, 3.8) is 0 Å². The van der Waals surface area contributed by atoms with Crippen LogP contribution in [0.4, 0.5) is 4.79 Å². The lowest BCUT2D eigenvalue weighted by atomic mass is 9.96. The van der Waals surface area contributed by atoms with Crippen molar-refractivity contribution in [1.82, 2.24) is 35.2 Å². The number of nitrogens with zero attached hydrogens (tertiary/aromatic N) is 5. The van der Waals surface area contributed by atoms with Crippen LogP contribution in [0.25, 0.3) is 11.2 Å². The zero-order valence-corrected chi connectivity index (χ0v) is 18.2. The van der Waals surface area contributed by atoms with E-state index in [1.807, 2.05) is 0 Å². The van der Waals surface area contributed by atoms with Gasteiger partial charge in [-0.3, -0.25) is 14.2 Å². The van der Waals surface area contributed by atoms with Gasteiger partial charge in [0.25, 0.3) is 11.5 Å². The minimum absolute atomic E-state index is 0.00801. The van der Waals surface area contributed by atoms with Crippen LogP contribution in [0.2, 0.25) is 0 Å². The Bertz CT molecular complexity index is 1100. The average Bonchev–Trinajstić information content (AvgIpc) is 3.39. The molecule has 1 aliphatic carbocycles. The second kappa shape index (κ2) is 10.2. The van der Waals surface area contributed by atoms with Gasteiger partial charge in [0.2, 0.25) is 0 Å². The number of ether oxygens (including phenoxy) is 1. The van der Waals surface area contributed by atoms with Gasteiger partial charge in [0.1, 0.15) is 12.2 Å². The molecule has 2 aliphatic rings. The molecule has 3 amide bonds. The van der Waals surface area contributed by atoms with Gasteiger partial charge < -0.3 is 30.6 Å². The maximum absolute atomic E-state index is 12.6. The number of hydrogen-bond donors (Lipinski definition) is 5. The maximum Gasteiger partial charge on any atom is 0.340 e. The fraction of sp³-hybridized carbons (Fsp3) is 0.632. The van der Waals surface area contributed by atoms with Crippen LogP contribution in [0.5, 0.6) is 0 Å². The lowest BCUT2D eigenvalue weighted by molar-refractivity contribution is -0.137. The highest BCUT2D eigenvalue weighted by atomic mass is 16.6. The van der Waals surface area contributed by atoms with E-state index in [2.05, 4.69) is 30.9 Å². The Balaban J connectivity index is 1.33. The van der Waals surface area contributed by atoms with Gasteiger partial charge in [-0.05, 0) is 12.8 Å². The van der Waals surface area contributed by atoms with Gasteiger partial charge in [-0.25, -0.2) is 14.8 Å². The van der Waals surface area contributed by atoms with Crippen LogP contribution in [-0.4, -0.2) is 84.1 Å². The molecule has 3 heterocycles. The summed E-state index contributed by atoms with van der Waals surface area (Å²) in [5.41, 5.74) is -0.377. The summed E-state index contributed by atoms with van der Waals surface area (Å²) in [7, 11) is 0. The molecule has 2 aromatic heterocycles. The first kappa shape index (κ1) is 23.7. The summed E-state index contributed by atoms with van der Waals surface area (Å²) in [5, 5.41) is 29.4. The van der Waals surface area contributed by atoms with Gasteiger partial charge in [-0.15, -0.1) is 4.91 Å². The average molecular weight is 478 g/mol. The monoisotopic (exact) mass is 478 g/mol. The van der Waals surface area contributed by atoms with E-state index in [4.69, 9.17) is 4.74 Å². The van der Waals surface area contributed by atoms with E-state index >= 15 is 0 Å². The summed E-state index contributed by atoms with van der Waals surface area (Å²) in [6.07, 6.45) is 1.41. The predicted octanol–water partition coefficient (Wildman–Crippen LogP) is -1.12. The van der Waals surface area contributed by atoms with Crippen LogP contribution in [0, 0.1) is 4.91 Å². The fourth-order valence-corrected chi connectivity index (χ4v) is 4.22. The molecule has 1 aliphatic heterocycles. The molecule has 184 valence electrons. The Kier molecular flexibility index (Phi) is 7.14. The molecule has 0 aromatic carbocycles. The summed E-state index contributed by atoms with van der Waals surface area (Å²) in [5.74, 6) is -0.761. The number of carbonyl (C=O) groups is 2. The number of carbonyl (C=O) groups excluding carboxylic acids is 2. The largest absolute Gasteiger partial charge is 0.387 e. The molecule has 34 heavy (non-hydrogen) atoms. The summed E-state index contributed by atoms with van der Waals surface area (Å²) < 4.78 is 6.80. The normalized spacial score (nSPS) is 25.2. The highest BCUT2D eigenvalue weighted by Crippen LogP contribution is 2.31. The number of fused-ring (bicyclic) bond motifs is 1. The van der Waals surface area contributed by atoms with Gasteiger partial charge in [0.05, 0.1) is 24.5 Å². The number of imidazole rings is 1. The van der Waals surface area contributed by atoms with Gasteiger partial charge in [-0.1, -0.05) is 19.3 Å². The third-order valence-electron chi connectivity index (χ3n) is 6.02. The topological polar surface area (TPSA) is 204 Å². The van der Waals surface area contributed by atoms with Crippen molar-refractivity contribution in [1.29, 1.82) is 0 Å². The van der Waals surface area contributed by atoms with Crippen molar-refractivity contribution >= 4 is 23.1 Å². The van der Waals surface area contributed by atoms with Crippen molar-refractivity contribution in [2.45, 2.75) is 62.7 Å². The molecule has 2 fully saturated rings. The third-order valence-corrected chi connectivity index (χ3v) is 6.02. The number of aromatic amines is 1. The highest BCUT2D eigenvalue weighted by molar-refractivity contribution is 5.82. The van der Waals surface area contributed by atoms with Gasteiger partial charge in [0, 0.05) is 12.6 Å². The van der Waals surface area contributed by atoms with Crippen LogP contribution < -0.4 is 16.2 Å². The number of nitrogens with one attached hydrogen (secondary N) is 3. The van der Waals surface area contributed by atoms with E-state index in [-0.39, 0.29) is 30.3 Å². The first-order valence-electron chi connectivity index (χ1n) is 11.0. The molecule has 15 heteroatoms. The maximum atomic E-state index is 12.6. The zero-order chi connectivity index (χ0) is 24.2. The van der Waals surface area contributed by atoms with Gasteiger partial charge >= 0.3 is 6.03 Å². The van der Waals surface area contributed by atoms with E-state index in [1.54, 1.807) is 0 Å². The summed E-state index contributed by atoms with van der Waals surface area (Å²) in [4.78, 5) is 58.0. The molecule has 0 radical (unpaired) electrons. The van der Waals surface area contributed by atoms with E-state index in [1.165, 1.54) is 10.9 Å². The van der Waals surface area contributed by atoms with Gasteiger partial charge in [0.15, 0.2) is 23.5 Å². The zero-order valence-electron chi connectivity index (χ0n) is 18.2. The van der Waals surface area contributed by atoms with Crippen LogP contribution in [0.1, 0.15) is 38.3 Å². The van der Waals surface area contributed by atoms with Crippen LogP contribution in [0.15, 0.2) is 22.7 Å². The Labute approximate surface area is 192 Å². The molecule has 4 rings (SSSR count). The number of rotatable bonds is 7. The minimum Gasteiger partial charge on any atom is -0.387 e. The smallest absolute Gasteiger partial charge is 0.340 e. The molecule has 15 nitrogen and oxygen atoms in total. The molecule has 0 spiro atoms. The van der Waals surface area contributed by atoms with E-state index < -0.39 is 42.0 Å². The Morgan fingerprint density at radius 1 is 1.24 bits per heavy atom. The number of aliphatic hydroxyl groups is 2. The number of hydrogen-bond acceptors (Lipinski definition) is 10. The molecule has 2 aromatic rings.